The van der Waals surface area contributed by atoms with Crippen LogP contribution in [0.4, 0.5) is 5.82 Å². The van der Waals surface area contributed by atoms with E-state index in [0.29, 0.717) is 22.7 Å². The summed E-state index contributed by atoms with van der Waals surface area (Å²) in [6.07, 6.45) is 1.39. The summed E-state index contributed by atoms with van der Waals surface area (Å²) in [7, 11) is 0. The van der Waals surface area contributed by atoms with Crippen molar-refractivity contribution in [3.63, 3.8) is 0 Å². The van der Waals surface area contributed by atoms with Crippen LogP contribution in [-0.4, -0.2) is 15.9 Å². The SMILES string of the molecule is CC(=O)Nc1ncnc2oc(-c3ccccc3)c(-c3ccccc3)c12. The van der Waals surface area contributed by atoms with Gasteiger partial charge in [0.05, 0.1) is 5.39 Å². The predicted molar refractivity (Wildman–Crippen MR) is 97.0 cm³/mol. The molecule has 0 atom stereocenters. The summed E-state index contributed by atoms with van der Waals surface area (Å²) in [5, 5.41) is 3.47. The lowest BCUT2D eigenvalue weighted by Crippen LogP contribution is -2.08. The van der Waals surface area contributed by atoms with Crippen molar-refractivity contribution in [2.75, 3.05) is 5.32 Å². The Hall–Kier alpha value is -3.47. The Labute approximate surface area is 144 Å². The van der Waals surface area contributed by atoms with E-state index in [0.717, 1.165) is 16.7 Å². The van der Waals surface area contributed by atoms with Crippen molar-refractivity contribution in [1.29, 1.82) is 0 Å². The van der Waals surface area contributed by atoms with Gasteiger partial charge in [-0.15, -0.1) is 0 Å². The normalized spacial score (nSPS) is 10.8. The zero-order chi connectivity index (χ0) is 17.2. The van der Waals surface area contributed by atoms with Crippen molar-refractivity contribution in [1.82, 2.24) is 9.97 Å². The number of amides is 1. The second kappa shape index (κ2) is 6.20. The van der Waals surface area contributed by atoms with Crippen LogP contribution in [-0.2, 0) is 4.79 Å². The molecule has 0 fully saturated rings. The number of hydrogen-bond acceptors (Lipinski definition) is 4. The number of anilines is 1. The van der Waals surface area contributed by atoms with Gasteiger partial charge in [0.15, 0.2) is 0 Å². The standard InChI is InChI=1S/C20H15N3O2/c1-13(24)23-19-17-16(14-8-4-2-5-9-14)18(15-10-6-3-7-11-15)25-20(17)22-12-21-19/h2-12H,1H3,(H,21,22,23,24). The number of nitrogens with zero attached hydrogens (tertiary/aromatic N) is 2. The zero-order valence-electron chi connectivity index (χ0n) is 13.6. The molecule has 2 aromatic carbocycles. The van der Waals surface area contributed by atoms with Crippen molar-refractivity contribution in [2.45, 2.75) is 6.92 Å². The lowest BCUT2D eigenvalue weighted by atomic mass is 9.99. The number of carbonyl (C=O) groups is 1. The Morgan fingerprint density at radius 1 is 0.920 bits per heavy atom. The van der Waals surface area contributed by atoms with Gasteiger partial charge in [0.25, 0.3) is 0 Å². The highest BCUT2D eigenvalue weighted by Gasteiger charge is 2.22. The average molecular weight is 329 g/mol. The summed E-state index contributed by atoms with van der Waals surface area (Å²) in [5.41, 5.74) is 3.22. The summed E-state index contributed by atoms with van der Waals surface area (Å²) in [5.74, 6) is 0.956. The molecule has 4 aromatic rings. The van der Waals surface area contributed by atoms with Crippen LogP contribution in [0.5, 0.6) is 0 Å². The Bertz CT molecular complexity index is 1040. The zero-order valence-corrected chi connectivity index (χ0v) is 13.6. The topological polar surface area (TPSA) is 68.0 Å². The summed E-state index contributed by atoms with van der Waals surface area (Å²) >= 11 is 0. The third-order valence-electron chi connectivity index (χ3n) is 3.88. The molecule has 4 rings (SSSR count). The van der Waals surface area contributed by atoms with Crippen molar-refractivity contribution in [3.8, 4) is 22.5 Å². The minimum absolute atomic E-state index is 0.193. The largest absolute Gasteiger partial charge is 0.437 e. The maximum atomic E-state index is 11.6. The van der Waals surface area contributed by atoms with E-state index in [4.69, 9.17) is 4.42 Å². The van der Waals surface area contributed by atoms with E-state index in [-0.39, 0.29) is 5.91 Å². The second-order valence-corrected chi connectivity index (χ2v) is 5.62. The van der Waals surface area contributed by atoms with Gasteiger partial charge in [-0.3, -0.25) is 4.79 Å². The highest BCUT2D eigenvalue weighted by Crippen LogP contribution is 2.42. The molecular formula is C20H15N3O2. The van der Waals surface area contributed by atoms with Gasteiger partial charge in [0.2, 0.25) is 11.6 Å². The van der Waals surface area contributed by atoms with Gasteiger partial charge < -0.3 is 9.73 Å². The van der Waals surface area contributed by atoms with Gasteiger partial charge in [-0.05, 0) is 5.56 Å². The predicted octanol–water partition coefficient (Wildman–Crippen LogP) is 4.52. The van der Waals surface area contributed by atoms with Crippen LogP contribution in [0, 0.1) is 0 Å². The molecule has 0 aliphatic rings. The lowest BCUT2D eigenvalue weighted by Gasteiger charge is -2.06. The molecule has 0 aliphatic carbocycles. The van der Waals surface area contributed by atoms with Crippen LogP contribution >= 0.6 is 0 Å². The molecule has 5 nitrogen and oxygen atoms in total. The molecule has 0 saturated carbocycles. The van der Waals surface area contributed by atoms with Crippen LogP contribution in [0.15, 0.2) is 71.4 Å². The van der Waals surface area contributed by atoms with E-state index >= 15 is 0 Å². The fourth-order valence-electron chi connectivity index (χ4n) is 2.87. The molecule has 0 unspecified atom stereocenters. The van der Waals surface area contributed by atoms with E-state index in [1.54, 1.807) is 0 Å². The maximum Gasteiger partial charge on any atom is 0.232 e. The van der Waals surface area contributed by atoms with Crippen LogP contribution in [0.25, 0.3) is 33.6 Å². The molecular weight excluding hydrogens is 314 g/mol. The second-order valence-electron chi connectivity index (χ2n) is 5.62. The van der Waals surface area contributed by atoms with Crippen LogP contribution in [0.2, 0.25) is 0 Å². The van der Waals surface area contributed by atoms with E-state index < -0.39 is 0 Å². The first-order chi connectivity index (χ1) is 12.2. The average Bonchev–Trinajstić information content (AvgIpc) is 3.03. The monoisotopic (exact) mass is 329 g/mol. The smallest absolute Gasteiger partial charge is 0.232 e. The van der Waals surface area contributed by atoms with Crippen molar-refractivity contribution < 1.29 is 9.21 Å². The summed E-state index contributed by atoms with van der Waals surface area (Å²) in [4.78, 5) is 20.1. The van der Waals surface area contributed by atoms with E-state index in [9.17, 15) is 4.79 Å². The quantitative estimate of drug-likeness (QED) is 0.600. The molecule has 0 spiro atoms. The van der Waals surface area contributed by atoms with Gasteiger partial charge in [-0.1, -0.05) is 60.7 Å². The molecule has 2 heterocycles. The number of fused-ring (bicyclic) bond motifs is 1. The van der Waals surface area contributed by atoms with Gasteiger partial charge in [0, 0.05) is 18.1 Å². The summed E-state index contributed by atoms with van der Waals surface area (Å²) < 4.78 is 6.06. The fourth-order valence-corrected chi connectivity index (χ4v) is 2.87. The lowest BCUT2D eigenvalue weighted by molar-refractivity contribution is -0.114. The molecule has 5 heteroatoms. The summed E-state index contributed by atoms with van der Waals surface area (Å²) in [6.45, 7) is 1.45. The summed E-state index contributed by atoms with van der Waals surface area (Å²) in [6, 6.07) is 19.7. The number of nitrogens with one attached hydrogen (secondary N) is 1. The number of benzene rings is 2. The molecule has 122 valence electrons. The molecule has 25 heavy (non-hydrogen) atoms. The van der Waals surface area contributed by atoms with E-state index in [2.05, 4.69) is 15.3 Å². The number of carbonyl (C=O) groups excluding carboxylic acids is 1. The van der Waals surface area contributed by atoms with Crippen molar-refractivity contribution in [3.05, 3.63) is 67.0 Å². The van der Waals surface area contributed by atoms with E-state index in [1.807, 2.05) is 60.7 Å². The third kappa shape index (κ3) is 2.76. The van der Waals surface area contributed by atoms with Crippen LogP contribution in [0.1, 0.15) is 6.92 Å². The minimum Gasteiger partial charge on any atom is -0.437 e. The van der Waals surface area contributed by atoms with Crippen LogP contribution in [0.3, 0.4) is 0 Å². The first-order valence-corrected chi connectivity index (χ1v) is 7.90. The minimum atomic E-state index is -0.193. The Kier molecular flexibility index (Phi) is 3.74. The Morgan fingerprint density at radius 2 is 1.56 bits per heavy atom. The van der Waals surface area contributed by atoms with Gasteiger partial charge in [0.1, 0.15) is 17.9 Å². The fraction of sp³-hybridized carbons (Fsp3) is 0.0500. The van der Waals surface area contributed by atoms with Crippen molar-refractivity contribution in [2.24, 2.45) is 0 Å². The third-order valence-corrected chi connectivity index (χ3v) is 3.88. The first kappa shape index (κ1) is 15.1. The number of aromatic nitrogens is 2. The van der Waals surface area contributed by atoms with Crippen molar-refractivity contribution >= 4 is 22.8 Å². The molecule has 2 aromatic heterocycles. The molecule has 0 radical (unpaired) electrons. The number of hydrogen-bond donors (Lipinski definition) is 1. The Morgan fingerprint density at radius 3 is 2.20 bits per heavy atom. The molecule has 0 bridgehead atoms. The first-order valence-electron chi connectivity index (χ1n) is 7.90. The number of rotatable bonds is 3. The molecule has 0 aliphatic heterocycles. The van der Waals surface area contributed by atoms with E-state index in [1.165, 1.54) is 13.3 Å². The molecule has 1 amide bonds. The number of furan rings is 1. The molecule has 1 N–H and O–H groups in total. The van der Waals surface area contributed by atoms with Gasteiger partial charge >= 0.3 is 0 Å². The van der Waals surface area contributed by atoms with Gasteiger partial charge in [-0.2, -0.15) is 0 Å². The van der Waals surface area contributed by atoms with Gasteiger partial charge in [-0.25, -0.2) is 9.97 Å². The highest BCUT2D eigenvalue weighted by molar-refractivity contribution is 6.08. The maximum absolute atomic E-state index is 11.6. The Balaban J connectivity index is 2.07. The molecule has 0 saturated heterocycles. The highest BCUT2D eigenvalue weighted by atomic mass is 16.3. The van der Waals surface area contributed by atoms with Crippen LogP contribution < -0.4 is 5.32 Å².